The van der Waals surface area contributed by atoms with Crippen molar-refractivity contribution in [3.05, 3.63) is 0 Å². The van der Waals surface area contributed by atoms with E-state index in [2.05, 4.69) is 0 Å². The fraction of sp³-hybridized carbons (Fsp3) is 0.800. The fourth-order valence-corrected chi connectivity index (χ4v) is 1.51. The normalized spacial score (nSPS) is 18.3. The largest absolute Gasteiger partial charge is 0.383 e. The summed E-state index contributed by atoms with van der Waals surface area (Å²) in [5.74, 6) is -7.57. The molecule has 0 aromatic carbocycles. The van der Waals surface area contributed by atoms with E-state index in [1.165, 1.54) is 4.90 Å². The molecule has 5 nitrogen and oxygen atoms in total. The van der Waals surface area contributed by atoms with Crippen LogP contribution in [0, 0.1) is 0 Å². The van der Waals surface area contributed by atoms with Gasteiger partial charge in [-0.25, -0.2) is 8.78 Å². The van der Waals surface area contributed by atoms with Crippen LogP contribution in [0.3, 0.4) is 0 Å². The Labute approximate surface area is 106 Å². The number of carbonyl (C=O) groups is 2. The highest BCUT2D eigenvalue weighted by Crippen LogP contribution is 2.23. The Bertz CT molecular complexity index is 346. The summed E-state index contributed by atoms with van der Waals surface area (Å²) in [7, 11) is 0. The van der Waals surface area contributed by atoms with Gasteiger partial charge < -0.3 is 15.0 Å². The van der Waals surface area contributed by atoms with E-state index >= 15 is 0 Å². The number of halogens is 4. The molecule has 2 amide bonds. The predicted octanol–water partition coefficient (Wildman–Crippen LogP) is 0.250. The number of nitrogens with zero attached hydrogens (tertiary/aromatic N) is 1. The van der Waals surface area contributed by atoms with E-state index in [4.69, 9.17) is 4.74 Å². The average Bonchev–Trinajstić information content (AvgIpc) is 2.38. The maximum atomic E-state index is 12.7. The number of amides is 2. The molecule has 1 atom stereocenters. The van der Waals surface area contributed by atoms with Gasteiger partial charge in [-0.15, -0.1) is 0 Å². The Balaban J connectivity index is 2.56. The molecule has 1 rings (SSSR count). The highest BCUT2D eigenvalue weighted by Gasteiger charge is 2.49. The van der Waals surface area contributed by atoms with Crippen LogP contribution in [-0.2, 0) is 14.3 Å². The molecule has 110 valence electrons. The van der Waals surface area contributed by atoms with Gasteiger partial charge in [0.15, 0.2) is 0 Å². The van der Waals surface area contributed by atoms with Gasteiger partial charge in [-0.05, 0) is 6.92 Å². The molecule has 1 fully saturated rings. The lowest BCUT2D eigenvalue weighted by molar-refractivity contribution is -0.171. The number of ether oxygens (including phenoxy) is 1. The van der Waals surface area contributed by atoms with E-state index < -0.39 is 30.2 Å². The third kappa shape index (κ3) is 3.79. The van der Waals surface area contributed by atoms with E-state index in [0.717, 1.165) is 6.92 Å². The van der Waals surface area contributed by atoms with Crippen LogP contribution in [0.15, 0.2) is 0 Å². The fourth-order valence-electron chi connectivity index (χ4n) is 1.51. The standard InChI is InChI=1S/C10H14F4N2O3/c1-6(7(17)16-2-4-19-5-3-16)15-9(18)10(13,14)8(11)12/h6,8H,2-5H2,1H3,(H,15,18). The first-order chi connectivity index (χ1) is 8.76. The summed E-state index contributed by atoms with van der Waals surface area (Å²) in [5.41, 5.74) is 0. The molecule has 1 aliphatic rings. The zero-order valence-corrected chi connectivity index (χ0v) is 10.2. The molecule has 0 radical (unpaired) electrons. The summed E-state index contributed by atoms with van der Waals surface area (Å²) in [6.45, 7) is 2.31. The summed E-state index contributed by atoms with van der Waals surface area (Å²) >= 11 is 0. The van der Waals surface area contributed by atoms with Gasteiger partial charge in [-0.2, -0.15) is 8.78 Å². The van der Waals surface area contributed by atoms with Crippen LogP contribution in [-0.4, -0.2) is 61.4 Å². The van der Waals surface area contributed by atoms with Gasteiger partial charge >= 0.3 is 12.3 Å². The summed E-state index contributed by atoms with van der Waals surface area (Å²) in [6.07, 6.45) is -4.11. The molecule has 0 bridgehead atoms. The summed E-state index contributed by atoms with van der Waals surface area (Å²) in [6, 6.07) is -1.30. The second-order valence-electron chi connectivity index (χ2n) is 4.06. The van der Waals surface area contributed by atoms with E-state index in [9.17, 15) is 27.2 Å². The van der Waals surface area contributed by atoms with Gasteiger partial charge in [0.05, 0.1) is 13.2 Å². The van der Waals surface area contributed by atoms with Crippen molar-refractivity contribution in [1.82, 2.24) is 10.2 Å². The topological polar surface area (TPSA) is 58.6 Å². The highest BCUT2D eigenvalue weighted by atomic mass is 19.3. The van der Waals surface area contributed by atoms with Gasteiger partial charge in [0.1, 0.15) is 6.04 Å². The number of morpholine rings is 1. The molecule has 1 unspecified atom stereocenters. The second-order valence-corrected chi connectivity index (χ2v) is 4.06. The van der Waals surface area contributed by atoms with Crippen LogP contribution in [0.25, 0.3) is 0 Å². The molecular weight excluding hydrogens is 272 g/mol. The molecule has 1 saturated heterocycles. The maximum absolute atomic E-state index is 12.7. The first-order valence-electron chi connectivity index (χ1n) is 5.60. The Morgan fingerprint density at radius 1 is 1.26 bits per heavy atom. The van der Waals surface area contributed by atoms with Crippen LogP contribution in [0.2, 0.25) is 0 Å². The number of hydrogen-bond acceptors (Lipinski definition) is 3. The van der Waals surface area contributed by atoms with Crippen molar-refractivity contribution in [1.29, 1.82) is 0 Å². The average molecular weight is 286 g/mol. The lowest BCUT2D eigenvalue weighted by atomic mass is 10.2. The molecule has 0 saturated carbocycles. The number of alkyl halides is 4. The molecule has 0 spiro atoms. The third-order valence-electron chi connectivity index (χ3n) is 2.62. The lowest BCUT2D eigenvalue weighted by Gasteiger charge is -2.29. The number of nitrogens with one attached hydrogen (secondary N) is 1. The number of hydrogen-bond donors (Lipinski definition) is 1. The number of rotatable bonds is 4. The van der Waals surface area contributed by atoms with Crippen molar-refractivity contribution in [2.45, 2.75) is 25.3 Å². The zero-order valence-electron chi connectivity index (χ0n) is 10.2. The maximum Gasteiger partial charge on any atom is 0.383 e. The van der Waals surface area contributed by atoms with Crippen LogP contribution < -0.4 is 5.32 Å². The zero-order chi connectivity index (χ0) is 14.6. The van der Waals surface area contributed by atoms with Crippen molar-refractivity contribution < 1.29 is 31.9 Å². The van der Waals surface area contributed by atoms with E-state index in [0.29, 0.717) is 13.2 Å². The summed E-state index contributed by atoms with van der Waals surface area (Å²) in [5, 5.41) is 1.60. The Morgan fingerprint density at radius 2 is 1.79 bits per heavy atom. The Kier molecular flexibility index (Phi) is 5.10. The molecule has 0 aliphatic carbocycles. The van der Waals surface area contributed by atoms with Crippen LogP contribution in [0.5, 0.6) is 0 Å². The second kappa shape index (κ2) is 6.18. The molecule has 9 heteroatoms. The lowest BCUT2D eigenvalue weighted by Crippen LogP contribution is -2.54. The van der Waals surface area contributed by atoms with E-state index in [-0.39, 0.29) is 13.1 Å². The molecule has 1 heterocycles. The SMILES string of the molecule is CC(NC(=O)C(F)(F)C(F)F)C(=O)N1CCOCC1. The quantitative estimate of drug-likeness (QED) is 0.754. The first kappa shape index (κ1) is 15.7. The van der Waals surface area contributed by atoms with Gasteiger partial charge in [0, 0.05) is 13.1 Å². The predicted molar refractivity (Wildman–Crippen MR) is 56.0 cm³/mol. The molecular formula is C10H14F4N2O3. The minimum atomic E-state index is -4.81. The van der Waals surface area contributed by atoms with Crippen LogP contribution in [0.1, 0.15) is 6.92 Å². The smallest absolute Gasteiger partial charge is 0.378 e. The monoisotopic (exact) mass is 286 g/mol. The van der Waals surface area contributed by atoms with Crippen molar-refractivity contribution >= 4 is 11.8 Å². The van der Waals surface area contributed by atoms with Gasteiger partial charge in [0.25, 0.3) is 5.91 Å². The summed E-state index contributed by atoms with van der Waals surface area (Å²) < 4.78 is 54.3. The summed E-state index contributed by atoms with van der Waals surface area (Å²) in [4.78, 5) is 24.0. The van der Waals surface area contributed by atoms with E-state index in [1.807, 2.05) is 0 Å². The van der Waals surface area contributed by atoms with Crippen molar-refractivity contribution in [2.75, 3.05) is 26.3 Å². The van der Waals surface area contributed by atoms with Gasteiger partial charge in [-0.3, -0.25) is 9.59 Å². The minimum absolute atomic E-state index is 0.268. The number of carbonyl (C=O) groups excluding carboxylic acids is 2. The third-order valence-corrected chi connectivity index (χ3v) is 2.62. The van der Waals surface area contributed by atoms with Crippen molar-refractivity contribution in [2.24, 2.45) is 0 Å². The molecule has 1 aliphatic heterocycles. The molecule has 1 N–H and O–H groups in total. The Morgan fingerprint density at radius 3 is 2.26 bits per heavy atom. The molecule has 0 aromatic heterocycles. The molecule has 0 aromatic rings. The minimum Gasteiger partial charge on any atom is -0.378 e. The van der Waals surface area contributed by atoms with Crippen molar-refractivity contribution in [3.8, 4) is 0 Å². The highest BCUT2D eigenvalue weighted by molar-refractivity contribution is 5.90. The van der Waals surface area contributed by atoms with E-state index in [1.54, 1.807) is 5.32 Å². The van der Waals surface area contributed by atoms with Crippen LogP contribution in [0.4, 0.5) is 17.6 Å². The van der Waals surface area contributed by atoms with Crippen LogP contribution >= 0.6 is 0 Å². The molecule has 19 heavy (non-hydrogen) atoms. The Hall–Kier alpha value is -1.38. The first-order valence-corrected chi connectivity index (χ1v) is 5.60. The van der Waals surface area contributed by atoms with Gasteiger partial charge in [-0.1, -0.05) is 0 Å². The van der Waals surface area contributed by atoms with Gasteiger partial charge in [0.2, 0.25) is 5.91 Å². The van der Waals surface area contributed by atoms with Crippen molar-refractivity contribution in [3.63, 3.8) is 0 Å².